The van der Waals surface area contributed by atoms with Crippen LogP contribution in [0, 0.1) is 5.92 Å². The lowest BCUT2D eigenvalue weighted by Crippen LogP contribution is -2.42. The number of rotatable bonds is 4. The molecular weight excluding hydrogens is 262 g/mol. The SMILES string of the molecule is CCc1cccc(NS(=O)(=O)N2CCCC(C)C2)n1. The average Bonchev–Trinajstić information content (AvgIpc) is 2.38. The fourth-order valence-electron chi connectivity index (χ4n) is 2.29. The fourth-order valence-corrected chi connectivity index (χ4v) is 3.62. The fraction of sp³-hybridized carbons (Fsp3) is 0.615. The summed E-state index contributed by atoms with van der Waals surface area (Å²) in [5.41, 5.74) is 0.882. The summed E-state index contributed by atoms with van der Waals surface area (Å²) >= 11 is 0. The Morgan fingerprint density at radius 1 is 1.47 bits per heavy atom. The third-order valence-electron chi connectivity index (χ3n) is 3.36. The van der Waals surface area contributed by atoms with Crippen molar-refractivity contribution in [3.8, 4) is 0 Å². The number of nitrogens with zero attached hydrogens (tertiary/aromatic N) is 2. The van der Waals surface area contributed by atoms with Gasteiger partial charge < -0.3 is 0 Å². The van der Waals surface area contributed by atoms with Crippen LogP contribution in [0.5, 0.6) is 0 Å². The largest absolute Gasteiger partial charge is 0.302 e. The van der Waals surface area contributed by atoms with E-state index in [4.69, 9.17) is 0 Å². The smallest absolute Gasteiger partial charge is 0.254 e. The van der Waals surface area contributed by atoms with Crippen LogP contribution >= 0.6 is 0 Å². The molecule has 0 aromatic carbocycles. The van der Waals surface area contributed by atoms with Crippen molar-refractivity contribution in [3.63, 3.8) is 0 Å². The molecule has 2 rings (SSSR count). The second-order valence-electron chi connectivity index (χ2n) is 5.08. The van der Waals surface area contributed by atoms with E-state index >= 15 is 0 Å². The summed E-state index contributed by atoms with van der Waals surface area (Å²) in [4.78, 5) is 4.27. The number of aryl methyl sites for hydroxylation is 1. The molecule has 0 radical (unpaired) electrons. The Hall–Kier alpha value is -1.14. The highest BCUT2D eigenvalue weighted by atomic mass is 32.2. The normalized spacial score (nSPS) is 21.3. The van der Waals surface area contributed by atoms with E-state index in [9.17, 15) is 8.42 Å². The van der Waals surface area contributed by atoms with Crippen LogP contribution in [0.15, 0.2) is 18.2 Å². The second kappa shape index (κ2) is 5.88. The zero-order chi connectivity index (χ0) is 13.9. The summed E-state index contributed by atoms with van der Waals surface area (Å²) < 4.78 is 28.6. The number of hydrogen-bond acceptors (Lipinski definition) is 3. The molecule has 0 saturated carbocycles. The molecule has 1 unspecified atom stereocenters. The molecule has 1 saturated heterocycles. The molecule has 0 amide bonds. The van der Waals surface area contributed by atoms with Crippen molar-refractivity contribution < 1.29 is 8.42 Å². The van der Waals surface area contributed by atoms with E-state index in [0.717, 1.165) is 25.0 Å². The van der Waals surface area contributed by atoms with Crippen molar-refractivity contribution in [2.45, 2.75) is 33.1 Å². The Labute approximate surface area is 115 Å². The molecule has 2 heterocycles. The molecule has 1 aromatic rings. The predicted molar refractivity (Wildman–Crippen MR) is 76.1 cm³/mol. The minimum atomic E-state index is -3.47. The quantitative estimate of drug-likeness (QED) is 0.919. The van der Waals surface area contributed by atoms with Gasteiger partial charge in [-0.05, 0) is 37.3 Å². The third kappa shape index (κ3) is 3.67. The first-order valence-electron chi connectivity index (χ1n) is 6.75. The molecule has 1 aliphatic rings. The Kier molecular flexibility index (Phi) is 4.42. The molecular formula is C13H21N3O2S. The first kappa shape index (κ1) is 14.3. The zero-order valence-electron chi connectivity index (χ0n) is 11.5. The van der Waals surface area contributed by atoms with Gasteiger partial charge in [0.1, 0.15) is 5.82 Å². The maximum Gasteiger partial charge on any atom is 0.302 e. The number of anilines is 1. The average molecular weight is 283 g/mol. The van der Waals surface area contributed by atoms with Crippen LogP contribution in [0.3, 0.4) is 0 Å². The van der Waals surface area contributed by atoms with Crippen LogP contribution < -0.4 is 4.72 Å². The third-order valence-corrected chi connectivity index (χ3v) is 4.84. The highest BCUT2D eigenvalue weighted by Gasteiger charge is 2.27. The van der Waals surface area contributed by atoms with Gasteiger partial charge in [-0.3, -0.25) is 4.72 Å². The first-order valence-corrected chi connectivity index (χ1v) is 8.19. The van der Waals surface area contributed by atoms with Gasteiger partial charge >= 0.3 is 10.2 Å². The highest BCUT2D eigenvalue weighted by molar-refractivity contribution is 7.90. The Morgan fingerprint density at radius 2 is 2.26 bits per heavy atom. The summed E-state index contributed by atoms with van der Waals surface area (Å²) in [6, 6.07) is 5.40. The van der Waals surface area contributed by atoms with E-state index in [2.05, 4.69) is 16.6 Å². The molecule has 106 valence electrons. The van der Waals surface area contributed by atoms with Crippen LogP contribution in [0.1, 0.15) is 32.4 Å². The molecule has 1 aromatic heterocycles. The number of nitrogens with one attached hydrogen (secondary N) is 1. The van der Waals surface area contributed by atoms with Gasteiger partial charge in [0.25, 0.3) is 0 Å². The number of pyridine rings is 1. The first-order chi connectivity index (χ1) is 9.01. The van der Waals surface area contributed by atoms with Crippen molar-refractivity contribution in [2.75, 3.05) is 17.8 Å². The Bertz CT molecular complexity index is 530. The van der Waals surface area contributed by atoms with Gasteiger partial charge in [-0.2, -0.15) is 12.7 Å². The minimum Gasteiger partial charge on any atom is -0.254 e. The topological polar surface area (TPSA) is 62.3 Å². The zero-order valence-corrected chi connectivity index (χ0v) is 12.3. The van der Waals surface area contributed by atoms with Crippen molar-refractivity contribution in [2.24, 2.45) is 5.92 Å². The number of aromatic nitrogens is 1. The lowest BCUT2D eigenvalue weighted by atomic mass is 10.0. The van der Waals surface area contributed by atoms with E-state index in [1.165, 1.54) is 4.31 Å². The van der Waals surface area contributed by atoms with Gasteiger partial charge in [-0.15, -0.1) is 0 Å². The van der Waals surface area contributed by atoms with Crippen LogP contribution in [-0.4, -0.2) is 30.8 Å². The molecule has 5 nitrogen and oxygen atoms in total. The van der Waals surface area contributed by atoms with E-state index in [-0.39, 0.29) is 0 Å². The van der Waals surface area contributed by atoms with Crippen molar-refractivity contribution in [3.05, 3.63) is 23.9 Å². The van der Waals surface area contributed by atoms with E-state index < -0.39 is 10.2 Å². The molecule has 1 atom stereocenters. The predicted octanol–water partition coefficient (Wildman–Crippen LogP) is 2.03. The summed E-state index contributed by atoms with van der Waals surface area (Å²) in [6.45, 7) is 5.25. The van der Waals surface area contributed by atoms with Crippen molar-refractivity contribution >= 4 is 16.0 Å². The van der Waals surface area contributed by atoms with Crippen LogP contribution in [0.2, 0.25) is 0 Å². The molecule has 1 fully saturated rings. The van der Waals surface area contributed by atoms with Gasteiger partial charge in [-0.25, -0.2) is 4.98 Å². The van der Waals surface area contributed by atoms with Gasteiger partial charge in [-0.1, -0.05) is 19.9 Å². The number of piperidine rings is 1. The molecule has 19 heavy (non-hydrogen) atoms. The lowest BCUT2D eigenvalue weighted by Gasteiger charge is -2.29. The Morgan fingerprint density at radius 3 is 2.95 bits per heavy atom. The van der Waals surface area contributed by atoms with E-state index in [1.54, 1.807) is 6.07 Å². The van der Waals surface area contributed by atoms with Crippen molar-refractivity contribution in [1.29, 1.82) is 0 Å². The summed E-state index contributed by atoms with van der Waals surface area (Å²) in [6.07, 6.45) is 2.80. The summed E-state index contributed by atoms with van der Waals surface area (Å²) in [7, 11) is -3.47. The summed E-state index contributed by atoms with van der Waals surface area (Å²) in [5.74, 6) is 0.817. The molecule has 0 aliphatic carbocycles. The number of hydrogen-bond donors (Lipinski definition) is 1. The highest BCUT2D eigenvalue weighted by Crippen LogP contribution is 2.19. The summed E-state index contributed by atoms with van der Waals surface area (Å²) in [5, 5.41) is 0. The van der Waals surface area contributed by atoms with E-state index in [1.807, 2.05) is 19.1 Å². The monoisotopic (exact) mass is 283 g/mol. The van der Waals surface area contributed by atoms with Crippen LogP contribution in [-0.2, 0) is 16.6 Å². The maximum atomic E-state index is 12.3. The molecule has 0 spiro atoms. The van der Waals surface area contributed by atoms with Gasteiger partial charge in [0.2, 0.25) is 0 Å². The molecule has 1 aliphatic heterocycles. The van der Waals surface area contributed by atoms with Gasteiger partial charge in [0.05, 0.1) is 0 Å². The molecule has 1 N–H and O–H groups in total. The van der Waals surface area contributed by atoms with Crippen LogP contribution in [0.25, 0.3) is 0 Å². The van der Waals surface area contributed by atoms with Gasteiger partial charge in [0, 0.05) is 18.8 Å². The Balaban J connectivity index is 2.11. The second-order valence-corrected chi connectivity index (χ2v) is 6.75. The molecule has 0 bridgehead atoms. The van der Waals surface area contributed by atoms with Gasteiger partial charge in [0.15, 0.2) is 0 Å². The van der Waals surface area contributed by atoms with Crippen molar-refractivity contribution in [1.82, 2.24) is 9.29 Å². The molecule has 6 heteroatoms. The standard InChI is InChI=1S/C13H21N3O2S/c1-3-12-7-4-8-13(14-12)15-19(17,18)16-9-5-6-11(2)10-16/h4,7-8,11H,3,5-6,9-10H2,1-2H3,(H,14,15). The van der Waals surface area contributed by atoms with Crippen LogP contribution in [0.4, 0.5) is 5.82 Å². The maximum absolute atomic E-state index is 12.3. The minimum absolute atomic E-state index is 0.401. The van der Waals surface area contributed by atoms with E-state index in [0.29, 0.717) is 24.8 Å². The lowest BCUT2D eigenvalue weighted by molar-refractivity contribution is 0.282.